The lowest BCUT2D eigenvalue weighted by Crippen LogP contribution is -2.54. The Hall–Kier alpha value is 0.827. The van der Waals surface area contributed by atoms with Crippen molar-refractivity contribution in [3.63, 3.8) is 0 Å². The van der Waals surface area contributed by atoms with Gasteiger partial charge in [0.2, 0.25) is 0 Å². The van der Waals surface area contributed by atoms with Gasteiger partial charge >= 0.3 is 0 Å². The van der Waals surface area contributed by atoms with E-state index < -0.39 is 5.79 Å². The van der Waals surface area contributed by atoms with E-state index in [0.29, 0.717) is 19.8 Å². The second-order valence-corrected chi connectivity index (χ2v) is 8.66. The summed E-state index contributed by atoms with van der Waals surface area (Å²) in [6.45, 7) is 9.84. The molecule has 0 aromatic carbocycles. The Labute approximate surface area is 103 Å². The number of hydrogen-bond donors (Lipinski definition) is 0. The van der Waals surface area contributed by atoms with Gasteiger partial charge in [-0.1, -0.05) is 0 Å². The second kappa shape index (κ2) is 6.42. The molecule has 0 N–H and O–H groups in total. The number of hydrogen-bond acceptors (Lipinski definition) is 3. The predicted molar refractivity (Wildman–Crippen MR) is 70.0 cm³/mol. The molecule has 0 heterocycles. The molecule has 0 aromatic rings. The maximum absolute atomic E-state index is 5.70. The fourth-order valence-electron chi connectivity index (χ4n) is 1.25. The number of halogens is 1. The lowest BCUT2D eigenvalue weighted by Gasteiger charge is -2.41. The van der Waals surface area contributed by atoms with Gasteiger partial charge in [0.1, 0.15) is 3.23 Å². The second-order valence-electron chi connectivity index (χ2n) is 3.16. The van der Waals surface area contributed by atoms with E-state index in [2.05, 4.69) is 22.6 Å². The minimum absolute atomic E-state index is 0.328. The van der Waals surface area contributed by atoms with E-state index in [4.69, 9.17) is 14.2 Å². The largest absolute Gasteiger partial charge is 0.364 e. The first-order valence-electron chi connectivity index (χ1n) is 5.04. The van der Waals surface area contributed by atoms with Crippen LogP contribution in [0.5, 0.6) is 0 Å². The SMILES string of the molecule is CCOC([SiH3])(I)C(C)(OCC)OCC. The molecular formula is C9H21IO3Si. The summed E-state index contributed by atoms with van der Waals surface area (Å²) in [6.07, 6.45) is 0. The molecule has 3 nitrogen and oxygen atoms in total. The van der Waals surface area contributed by atoms with Crippen molar-refractivity contribution < 1.29 is 14.2 Å². The van der Waals surface area contributed by atoms with Crippen LogP contribution in [-0.4, -0.2) is 39.1 Å². The molecule has 0 radical (unpaired) electrons. The smallest absolute Gasteiger partial charge is 0.199 e. The van der Waals surface area contributed by atoms with Gasteiger partial charge in [0, 0.05) is 19.8 Å². The monoisotopic (exact) mass is 332 g/mol. The van der Waals surface area contributed by atoms with Crippen LogP contribution in [0.1, 0.15) is 27.7 Å². The van der Waals surface area contributed by atoms with Crippen LogP contribution >= 0.6 is 22.6 Å². The van der Waals surface area contributed by atoms with Crippen LogP contribution in [0.15, 0.2) is 0 Å². The van der Waals surface area contributed by atoms with E-state index in [-0.39, 0.29) is 3.23 Å². The molecule has 0 saturated carbocycles. The Morgan fingerprint density at radius 3 is 1.64 bits per heavy atom. The summed E-state index contributed by atoms with van der Waals surface area (Å²) in [7, 11) is 0.859. The van der Waals surface area contributed by atoms with Crippen molar-refractivity contribution in [3.05, 3.63) is 0 Å². The van der Waals surface area contributed by atoms with Crippen LogP contribution < -0.4 is 0 Å². The number of ether oxygens (including phenoxy) is 3. The number of alkyl halides is 1. The highest BCUT2D eigenvalue weighted by atomic mass is 127. The van der Waals surface area contributed by atoms with E-state index >= 15 is 0 Å². The number of rotatable bonds is 7. The van der Waals surface area contributed by atoms with Crippen molar-refractivity contribution in [2.45, 2.75) is 36.7 Å². The zero-order valence-corrected chi connectivity index (χ0v) is 13.9. The van der Waals surface area contributed by atoms with Crippen molar-refractivity contribution in [2.75, 3.05) is 19.8 Å². The normalized spacial score (nSPS) is 16.9. The van der Waals surface area contributed by atoms with Gasteiger partial charge in [-0.2, -0.15) is 0 Å². The van der Waals surface area contributed by atoms with Crippen LogP contribution in [0.2, 0.25) is 0 Å². The summed E-state index contributed by atoms with van der Waals surface area (Å²) in [5, 5.41) is 0. The Balaban J connectivity index is 4.59. The molecule has 14 heavy (non-hydrogen) atoms. The van der Waals surface area contributed by atoms with Crippen LogP contribution in [0.3, 0.4) is 0 Å². The molecule has 0 bridgehead atoms. The van der Waals surface area contributed by atoms with Crippen molar-refractivity contribution in [1.29, 1.82) is 0 Å². The summed E-state index contributed by atoms with van der Waals surface area (Å²) < 4.78 is 16.7. The Morgan fingerprint density at radius 1 is 1.00 bits per heavy atom. The van der Waals surface area contributed by atoms with Gasteiger partial charge in [-0.05, 0) is 50.3 Å². The molecule has 0 fully saturated rings. The first-order valence-corrected chi connectivity index (χ1v) is 7.12. The highest BCUT2D eigenvalue weighted by molar-refractivity contribution is 14.1. The molecule has 0 aliphatic heterocycles. The first kappa shape index (κ1) is 14.8. The van der Waals surface area contributed by atoms with Gasteiger partial charge in [0.05, 0.1) is 10.2 Å². The quantitative estimate of drug-likeness (QED) is 0.304. The van der Waals surface area contributed by atoms with E-state index in [1.807, 2.05) is 27.7 Å². The minimum atomic E-state index is -0.626. The fraction of sp³-hybridized carbons (Fsp3) is 1.00. The molecule has 0 amide bonds. The van der Waals surface area contributed by atoms with Gasteiger partial charge in [-0.3, -0.25) is 0 Å². The third kappa shape index (κ3) is 3.77. The Morgan fingerprint density at radius 2 is 1.36 bits per heavy atom. The van der Waals surface area contributed by atoms with Crippen LogP contribution in [-0.2, 0) is 14.2 Å². The fourth-order valence-corrected chi connectivity index (χ4v) is 2.45. The van der Waals surface area contributed by atoms with Crippen LogP contribution in [0.4, 0.5) is 0 Å². The first-order chi connectivity index (χ1) is 6.43. The summed E-state index contributed by atoms with van der Waals surface area (Å²) in [5.74, 6) is -0.626. The van der Waals surface area contributed by atoms with Gasteiger partial charge in [0.25, 0.3) is 0 Å². The Kier molecular flexibility index (Phi) is 6.80. The molecule has 0 rings (SSSR count). The molecule has 0 saturated heterocycles. The Bertz CT molecular complexity index is 158. The lowest BCUT2D eigenvalue weighted by molar-refractivity contribution is -0.263. The van der Waals surface area contributed by atoms with Crippen LogP contribution in [0.25, 0.3) is 0 Å². The molecular weight excluding hydrogens is 311 g/mol. The van der Waals surface area contributed by atoms with E-state index in [1.54, 1.807) is 0 Å². The molecule has 0 aliphatic carbocycles. The minimum Gasteiger partial charge on any atom is -0.364 e. The lowest BCUT2D eigenvalue weighted by atomic mass is 10.3. The predicted octanol–water partition coefficient (Wildman–Crippen LogP) is 1.27. The zero-order chi connectivity index (χ0) is 11.2. The van der Waals surface area contributed by atoms with Crippen molar-refractivity contribution in [3.8, 4) is 0 Å². The third-order valence-electron chi connectivity index (χ3n) is 2.07. The van der Waals surface area contributed by atoms with E-state index in [0.717, 1.165) is 10.2 Å². The molecule has 5 heteroatoms. The van der Waals surface area contributed by atoms with Crippen molar-refractivity contribution >= 4 is 32.8 Å². The molecule has 1 atom stereocenters. The molecule has 0 spiro atoms. The highest BCUT2D eigenvalue weighted by Crippen LogP contribution is 2.34. The van der Waals surface area contributed by atoms with Crippen molar-refractivity contribution in [2.24, 2.45) is 0 Å². The summed E-state index contributed by atoms with van der Waals surface area (Å²) in [4.78, 5) is 0. The van der Waals surface area contributed by atoms with E-state index in [1.165, 1.54) is 0 Å². The molecule has 0 aliphatic rings. The van der Waals surface area contributed by atoms with E-state index in [9.17, 15) is 0 Å². The molecule has 0 aromatic heterocycles. The van der Waals surface area contributed by atoms with Crippen molar-refractivity contribution in [1.82, 2.24) is 0 Å². The van der Waals surface area contributed by atoms with Gasteiger partial charge < -0.3 is 14.2 Å². The average Bonchev–Trinajstić information content (AvgIpc) is 2.04. The average molecular weight is 332 g/mol. The van der Waals surface area contributed by atoms with Gasteiger partial charge in [-0.15, -0.1) is 0 Å². The zero-order valence-electron chi connectivity index (χ0n) is 9.72. The van der Waals surface area contributed by atoms with Crippen LogP contribution in [0, 0.1) is 0 Å². The van der Waals surface area contributed by atoms with Gasteiger partial charge in [0.15, 0.2) is 5.79 Å². The summed E-state index contributed by atoms with van der Waals surface area (Å²) in [6, 6.07) is 0. The summed E-state index contributed by atoms with van der Waals surface area (Å²) >= 11 is 2.29. The molecule has 86 valence electrons. The standard InChI is InChI=1S/C9H21IO3Si/c1-5-11-8(4,12-6-2)9(10,14)13-7-3/h5-7H2,1-4,14H3. The maximum Gasteiger partial charge on any atom is 0.199 e. The third-order valence-corrected chi connectivity index (χ3v) is 4.55. The molecule has 1 unspecified atom stereocenters. The highest BCUT2D eigenvalue weighted by Gasteiger charge is 2.45. The summed E-state index contributed by atoms with van der Waals surface area (Å²) in [5.41, 5.74) is 0. The van der Waals surface area contributed by atoms with Gasteiger partial charge in [-0.25, -0.2) is 0 Å². The topological polar surface area (TPSA) is 27.7 Å². The maximum atomic E-state index is 5.70.